The molecular formula is C19H25ClN4O. The third-order valence-corrected chi connectivity index (χ3v) is 5.07. The number of nitrogens with one attached hydrogen (secondary N) is 2. The second kappa shape index (κ2) is 7.58. The number of halogens is 1. The fraction of sp³-hybridized carbons (Fsp3) is 0.474. The molecule has 1 amide bonds. The summed E-state index contributed by atoms with van der Waals surface area (Å²) in [5.74, 6) is 0.587. The van der Waals surface area contributed by atoms with Crippen LogP contribution in [-0.4, -0.2) is 34.8 Å². The maximum absolute atomic E-state index is 12.9. The van der Waals surface area contributed by atoms with E-state index in [4.69, 9.17) is 11.6 Å². The molecule has 1 aromatic heterocycles. The first kappa shape index (κ1) is 18.0. The average molecular weight is 361 g/mol. The van der Waals surface area contributed by atoms with Crippen molar-refractivity contribution in [2.24, 2.45) is 5.92 Å². The van der Waals surface area contributed by atoms with Crippen LogP contribution in [0, 0.1) is 5.92 Å². The third kappa shape index (κ3) is 3.88. The second-order valence-electron chi connectivity index (χ2n) is 7.04. The van der Waals surface area contributed by atoms with Gasteiger partial charge >= 0.3 is 0 Å². The monoisotopic (exact) mass is 360 g/mol. The molecule has 1 aliphatic heterocycles. The summed E-state index contributed by atoms with van der Waals surface area (Å²) in [4.78, 5) is 12.9. The molecule has 1 fully saturated rings. The molecule has 2 heterocycles. The molecule has 134 valence electrons. The Morgan fingerprint density at radius 3 is 2.72 bits per heavy atom. The van der Waals surface area contributed by atoms with Gasteiger partial charge in [0.05, 0.1) is 23.1 Å². The SMILES string of the molecule is CC(C)c1c(C(=O)NC2CNCCC2C)cnn1-c1ccc(Cl)cc1. The van der Waals surface area contributed by atoms with Crippen molar-refractivity contribution in [2.45, 2.75) is 39.2 Å². The van der Waals surface area contributed by atoms with Crippen LogP contribution in [0.3, 0.4) is 0 Å². The van der Waals surface area contributed by atoms with Crippen LogP contribution < -0.4 is 10.6 Å². The number of carbonyl (C=O) groups excluding carboxylic acids is 1. The first-order chi connectivity index (χ1) is 12.0. The summed E-state index contributed by atoms with van der Waals surface area (Å²) in [6.45, 7) is 8.16. The lowest BCUT2D eigenvalue weighted by Gasteiger charge is -2.30. The highest BCUT2D eigenvalue weighted by Crippen LogP contribution is 2.24. The molecule has 2 N–H and O–H groups in total. The van der Waals surface area contributed by atoms with Gasteiger partial charge in [-0.1, -0.05) is 32.4 Å². The summed E-state index contributed by atoms with van der Waals surface area (Å²) in [6.07, 6.45) is 2.74. The highest BCUT2D eigenvalue weighted by atomic mass is 35.5. The van der Waals surface area contributed by atoms with Crippen LogP contribution >= 0.6 is 11.6 Å². The van der Waals surface area contributed by atoms with Gasteiger partial charge in [-0.3, -0.25) is 4.79 Å². The van der Waals surface area contributed by atoms with E-state index in [1.165, 1.54) is 0 Å². The molecule has 2 aromatic rings. The molecule has 1 saturated heterocycles. The predicted molar refractivity (Wildman–Crippen MR) is 101 cm³/mol. The molecule has 25 heavy (non-hydrogen) atoms. The second-order valence-corrected chi connectivity index (χ2v) is 7.47. The van der Waals surface area contributed by atoms with Gasteiger partial charge in [-0.25, -0.2) is 4.68 Å². The van der Waals surface area contributed by atoms with Crippen LogP contribution in [-0.2, 0) is 0 Å². The lowest BCUT2D eigenvalue weighted by Crippen LogP contribution is -2.50. The minimum absolute atomic E-state index is 0.0514. The van der Waals surface area contributed by atoms with E-state index in [1.807, 2.05) is 28.9 Å². The van der Waals surface area contributed by atoms with Gasteiger partial charge in [0, 0.05) is 17.6 Å². The van der Waals surface area contributed by atoms with E-state index in [-0.39, 0.29) is 17.9 Å². The normalized spacial score (nSPS) is 20.7. The van der Waals surface area contributed by atoms with Gasteiger partial charge in [0.1, 0.15) is 0 Å². The topological polar surface area (TPSA) is 59.0 Å². The Bertz CT molecular complexity index is 738. The van der Waals surface area contributed by atoms with E-state index in [0.717, 1.165) is 30.9 Å². The van der Waals surface area contributed by atoms with Gasteiger partial charge in [-0.2, -0.15) is 5.10 Å². The first-order valence-electron chi connectivity index (χ1n) is 8.82. The van der Waals surface area contributed by atoms with E-state index in [2.05, 4.69) is 36.5 Å². The summed E-state index contributed by atoms with van der Waals surface area (Å²) in [5.41, 5.74) is 2.46. The number of hydrogen-bond donors (Lipinski definition) is 2. The Morgan fingerprint density at radius 1 is 1.36 bits per heavy atom. The summed E-state index contributed by atoms with van der Waals surface area (Å²) >= 11 is 5.98. The van der Waals surface area contributed by atoms with Gasteiger partial charge in [-0.15, -0.1) is 0 Å². The minimum atomic E-state index is -0.0514. The first-order valence-corrected chi connectivity index (χ1v) is 9.20. The van der Waals surface area contributed by atoms with Crippen molar-refractivity contribution in [1.82, 2.24) is 20.4 Å². The summed E-state index contributed by atoms with van der Waals surface area (Å²) in [5, 5.41) is 11.7. The van der Waals surface area contributed by atoms with E-state index in [9.17, 15) is 4.79 Å². The Labute approximate surface area is 153 Å². The smallest absolute Gasteiger partial charge is 0.255 e. The summed E-state index contributed by atoms with van der Waals surface area (Å²) in [7, 11) is 0. The molecule has 3 rings (SSSR count). The Hall–Kier alpha value is -1.85. The van der Waals surface area contributed by atoms with E-state index >= 15 is 0 Å². The minimum Gasteiger partial charge on any atom is -0.348 e. The fourth-order valence-electron chi connectivity index (χ4n) is 3.31. The van der Waals surface area contributed by atoms with Crippen molar-refractivity contribution in [1.29, 1.82) is 0 Å². The standard InChI is InChI=1S/C19H25ClN4O/c1-12(2)18-16(19(25)23-17-11-21-9-8-13(17)3)10-22-24(18)15-6-4-14(20)5-7-15/h4-7,10,12-13,17,21H,8-9,11H2,1-3H3,(H,23,25). The van der Waals surface area contributed by atoms with Crippen molar-refractivity contribution in [3.8, 4) is 5.69 Å². The van der Waals surface area contributed by atoms with Crippen LogP contribution in [0.5, 0.6) is 0 Å². The number of carbonyl (C=O) groups is 1. The van der Waals surface area contributed by atoms with Crippen LogP contribution in [0.4, 0.5) is 0 Å². The number of aromatic nitrogens is 2. The Balaban J connectivity index is 1.88. The highest BCUT2D eigenvalue weighted by Gasteiger charge is 2.26. The number of benzene rings is 1. The van der Waals surface area contributed by atoms with Crippen LogP contribution in [0.2, 0.25) is 5.02 Å². The van der Waals surface area contributed by atoms with Gasteiger partial charge in [-0.05, 0) is 49.1 Å². The van der Waals surface area contributed by atoms with Crippen molar-refractivity contribution in [3.63, 3.8) is 0 Å². The number of hydrogen-bond acceptors (Lipinski definition) is 3. The molecule has 2 atom stereocenters. The number of rotatable bonds is 4. The predicted octanol–water partition coefficient (Wildman–Crippen LogP) is 3.38. The van der Waals surface area contributed by atoms with Crippen molar-refractivity contribution < 1.29 is 4.79 Å². The molecule has 1 aromatic carbocycles. The molecule has 1 aliphatic rings. The number of amides is 1. The molecule has 6 heteroatoms. The maximum atomic E-state index is 12.9. The largest absolute Gasteiger partial charge is 0.348 e. The van der Waals surface area contributed by atoms with Gasteiger partial charge in [0.25, 0.3) is 5.91 Å². The molecular weight excluding hydrogens is 336 g/mol. The summed E-state index contributed by atoms with van der Waals surface area (Å²) in [6, 6.07) is 7.64. The van der Waals surface area contributed by atoms with Crippen molar-refractivity contribution in [3.05, 3.63) is 46.7 Å². The molecule has 0 aliphatic carbocycles. The molecule has 0 bridgehead atoms. The van der Waals surface area contributed by atoms with Gasteiger partial charge in [0.2, 0.25) is 0 Å². The lowest BCUT2D eigenvalue weighted by atomic mass is 9.94. The molecule has 0 radical (unpaired) electrons. The molecule has 0 spiro atoms. The molecule has 0 saturated carbocycles. The number of piperidine rings is 1. The van der Waals surface area contributed by atoms with E-state index in [1.54, 1.807) is 6.20 Å². The van der Waals surface area contributed by atoms with Gasteiger partial charge < -0.3 is 10.6 Å². The Kier molecular flexibility index (Phi) is 5.45. The zero-order valence-electron chi connectivity index (χ0n) is 14.9. The van der Waals surface area contributed by atoms with Crippen LogP contribution in [0.1, 0.15) is 49.2 Å². The van der Waals surface area contributed by atoms with Gasteiger partial charge in [0.15, 0.2) is 0 Å². The highest BCUT2D eigenvalue weighted by molar-refractivity contribution is 6.30. The summed E-state index contributed by atoms with van der Waals surface area (Å²) < 4.78 is 1.83. The lowest BCUT2D eigenvalue weighted by molar-refractivity contribution is 0.0914. The van der Waals surface area contributed by atoms with Crippen molar-refractivity contribution in [2.75, 3.05) is 13.1 Å². The number of nitrogens with zero attached hydrogens (tertiary/aromatic N) is 2. The quantitative estimate of drug-likeness (QED) is 0.878. The van der Waals surface area contributed by atoms with E-state index < -0.39 is 0 Å². The van der Waals surface area contributed by atoms with Crippen LogP contribution in [0.15, 0.2) is 30.5 Å². The fourth-order valence-corrected chi connectivity index (χ4v) is 3.43. The average Bonchev–Trinajstić information content (AvgIpc) is 3.03. The Morgan fingerprint density at radius 2 is 2.08 bits per heavy atom. The zero-order chi connectivity index (χ0) is 18.0. The third-order valence-electron chi connectivity index (χ3n) is 4.81. The molecule has 2 unspecified atom stereocenters. The zero-order valence-corrected chi connectivity index (χ0v) is 15.7. The van der Waals surface area contributed by atoms with E-state index in [0.29, 0.717) is 16.5 Å². The van der Waals surface area contributed by atoms with Crippen molar-refractivity contribution >= 4 is 17.5 Å². The van der Waals surface area contributed by atoms with Crippen LogP contribution in [0.25, 0.3) is 5.69 Å². The maximum Gasteiger partial charge on any atom is 0.255 e. The molecule has 5 nitrogen and oxygen atoms in total.